The first-order valence-corrected chi connectivity index (χ1v) is 16.3. The van der Waals surface area contributed by atoms with Crippen molar-refractivity contribution in [1.29, 1.82) is 0 Å². The second-order valence-corrected chi connectivity index (χ2v) is 13.2. The van der Waals surface area contributed by atoms with Crippen LogP contribution in [0, 0.1) is 5.82 Å². The Morgan fingerprint density at radius 3 is 2.62 bits per heavy atom. The molecule has 222 valence electrons. The molecule has 0 saturated carbocycles. The molecule has 2 saturated heterocycles. The number of hydrogen-bond donors (Lipinski definition) is 1. The van der Waals surface area contributed by atoms with Crippen molar-refractivity contribution in [3.63, 3.8) is 0 Å². The highest BCUT2D eigenvalue weighted by Crippen LogP contribution is 2.30. The normalized spacial score (nSPS) is 18.2. The largest absolute Gasteiger partial charge is 0.473 e. The number of sulfonamides is 1. The molecule has 0 radical (unpaired) electrons. The lowest BCUT2D eigenvalue weighted by molar-refractivity contribution is -0.0592. The summed E-state index contributed by atoms with van der Waals surface area (Å²) < 4.78 is 53.9. The molecule has 0 amide bonds. The van der Waals surface area contributed by atoms with Gasteiger partial charge in [0, 0.05) is 34.9 Å². The predicted molar refractivity (Wildman–Crippen MR) is 160 cm³/mol. The van der Waals surface area contributed by atoms with Crippen LogP contribution in [0.15, 0.2) is 54.6 Å². The molecule has 2 fully saturated rings. The number of pyridine rings is 1. The first kappa shape index (κ1) is 28.9. The summed E-state index contributed by atoms with van der Waals surface area (Å²) in [6, 6.07) is 15.8. The van der Waals surface area contributed by atoms with Gasteiger partial charge in [0.25, 0.3) is 0 Å². The fourth-order valence-electron chi connectivity index (χ4n) is 5.53. The van der Waals surface area contributed by atoms with Gasteiger partial charge in [-0.05, 0) is 68.8 Å². The molecular weight excluding hydrogens is 581 g/mol. The molecule has 2 aliphatic rings. The van der Waals surface area contributed by atoms with E-state index in [2.05, 4.69) is 14.2 Å². The molecule has 0 bridgehead atoms. The highest BCUT2D eigenvalue weighted by Gasteiger charge is 2.26. The highest BCUT2D eigenvalue weighted by molar-refractivity contribution is 7.92. The Hall–Kier alpha value is -3.25. The Morgan fingerprint density at radius 1 is 1.10 bits per heavy atom. The van der Waals surface area contributed by atoms with E-state index in [9.17, 15) is 12.8 Å². The molecule has 0 spiro atoms. The lowest BCUT2D eigenvalue weighted by Crippen LogP contribution is -2.35. The number of fused-ring (bicyclic) bond motifs is 1. The quantitative estimate of drug-likeness (QED) is 0.258. The topological polar surface area (TPSA) is 98.6 Å². The molecule has 6 rings (SSSR count). The first-order valence-electron chi connectivity index (χ1n) is 14.0. The van der Waals surface area contributed by atoms with Gasteiger partial charge >= 0.3 is 0 Å². The van der Waals surface area contributed by atoms with Crippen molar-refractivity contribution in [2.45, 2.75) is 51.0 Å². The zero-order valence-electron chi connectivity index (χ0n) is 23.3. The van der Waals surface area contributed by atoms with E-state index in [0.29, 0.717) is 34.6 Å². The number of likely N-dealkylation sites (tertiary alicyclic amines) is 1. The maximum atomic E-state index is 14.1. The van der Waals surface area contributed by atoms with Gasteiger partial charge in [-0.3, -0.25) is 9.62 Å². The number of nitrogens with zero attached hydrogens (tertiary/aromatic N) is 4. The highest BCUT2D eigenvalue weighted by atomic mass is 35.5. The van der Waals surface area contributed by atoms with Gasteiger partial charge < -0.3 is 14.0 Å². The molecule has 1 unspecified atom stereocenters. The summed E-state index contributed by atoms with van der Waals surface area (Å²) >= 11 is 5.85. The van der Waals surface area contributed by atoms with Gasteiger partial charge in [-0.25, -0.2) is 22.8 Å². The molecule has 42 heavy (non-hydrogen) atoms. The molecule has 4 heterocycles. The van der Waals surface area contributed by atoms with E-state index in [-0.39, 0.29) is 12.7 Å². The molecule has 9 nitrogen and oxygen atoms in total. The van der Waals surface area contributed by atoms with Crippen LogP contribution in [-0.2, 0) is 34.5 Å². The molecule has 2 aromatic carbocycles. The van der Waals surface area contributed by atoms with Crippen LogP contribution >= 0.6 is 11.6 Å². The number of hydrogen-bond acceptors (Lipinski definition) is 7. The number of nitrogens with one attached hydrogen (secondary N) is 1. The maximum Gasteiger partial charge on any atom is 0.229 e. The second kappa shape index (κ2) is 12.2. The lowest BCUT2D eigenvalue weighted by Gasteiger charge is -2.32. The van der Waals surface area contributed by atoms with Crippen LogP contribution in [0.2, 0.25) is 5.02 Å². The van der Waals surface area contributed by atoms with Crippen molar-refractivity contribution in [3.05, 3.63) is 82.5 Å². The molecule has 1 atom stereocenters. The standard InChI is InChI=1S/C30H33ClFN5O4S/c1-42(38,39)35-23-7-8-28-27(16-23)33-29(37(28)17-24-11-14-40-24)18-36-12-9-20(10-13-36)26-3-2-4-30(34-26)41-19-21-5-6-22(31)15-25(21)32/h2-8,15-16,20,24,35H,9-14,17-19H2,1H3. The minimum absolute atomic E-state index is 0.0800. The average Bonchev–Trinajstić information content (AvgIpc) is 3.25. The zero-order valence-corrected chi connectivity index (χ0v) is 24.9. The van der Waals surface area contributed by atoms with Crippen molar-refractivity contribution < 1.29 is 22.3 Å². The van der Waals surface area contributed by atoms with Crippen LogP contribution in [0.25, 0.3) is 11.0 Å². The van der Waals surface area contributed by atoms with Crippen LogP contribution in [0.5, 0.6) is 5.88 Å². The SMILES string of the molecule is CS(=O)(=O)Nc1ccc2c(c1)nc(CN1CCC(c3cccc(OCc4ccc(Cl)cc4F)n3)CC1)n2CC1CCO1. The third-order valence-corrected chi connectivity index (χ3v) is 8.66. The smallest absolute Gasteiger partial charge is 0.229 e. The summed E-state index contributed by atoms with van der Waals surface area (Å²) in [5.41, 5.74) is 3.63. The van der Waals surface area contributed by atoms with E-state index >= 15 is 0 Å². The van der Waals surface area contributed by atoms with E-state index in [1.165, 1.54) is 6.07 Å². The van der Waals surface area contributed by atoms with Gasteiger partial charge in [0.15, 0.2) is 0 Å². The van der Waals surface area contributed by atoms with E-state index in [1.807, 2.05) is 18.2 Å². The van der Waals surface area contributed by atoms with Crippen molar-refractivity contribution in [2.75, 3.05) is 30.7 Å². The summed E-state index contributed by atoms with van der Waals surface area (Å²) in [6.45, 7) is 4.04. The van der Waals surface area contributed by atoms with Crippen LogP contribution in [0.4, 0.5) is 10.1 Å². The Balaban J connectivity index is 1.11. The third kappa shape index (κ3) is 6.86. The lowest BCUT2D eigenvalue weighted by atomic mass is 9.93. The Labute approximate surface area is 249 Å². The summed E-state index contributed by atoms with van der Waals surface area (Å²) in [4.78, 5) is 12.0. The summed E-state index contributed by atoms with van der Waals surface area (Å²) in [6.07, 6.45) is 4.20. The van der Waals surface area contributed by atoms with Crippen LogP contribution in [0.1, 0.15) is 42.3 Å². The number of imidazole rings is 1. The maximum absolute atomic E-state index is 14.1. The van der Waals surface area contributed by atoms with Gasteiger partial charge in [0.05, 0.1) is 42.2 Å². The number of benzene rings is 2. The Kier molecular flexibility index (Phi) is 8.35. The fourth-order valence-corrected chi connectivity index (χ4v) is 6.24. The second-order valence-electron chi connectivity index (χ2n) is 11.0. The fraction of sp³-hybridized carbons (Fsp3) is 0.400. The molecule has 4 aromatic rings. The summed E-state index contributed by atoms with van der Waals surface area (Å²) in [5.74, 6) is 1.31. The van der Waals surface area contributed by atoms with E-state index in [1.54, 1.807) is 30.3 Å². The molecular formula is C30H33ClFN5O4S. The number of halogens is 2. The van der Waals surface area contributed by atoms with Gasteiger partial charge in [-0.1, -0.05) is 23.7 Å². The molecule has 12 heteroatoms. The molecule has 2 aromatic heterocycles. The monoisotopic (exact) mass is 613 g/mol. The van der Waals surface area contributed by atoms with Crippen LogP contribution < -0.4 is 9.46 Å². The molecule has 2 aliphatic heterocycles. The molecule has 0 aliphatic carbocycles. The number of aromatic nitrogens is 3. The van der Waals surface area contributed by atoms with Crippen molar-refractivity contribution in [3.8, 4) is 5.88 Å². The van der Waals surface area contributed by atoms with Crippen molar-refractivity contribution in [2.24, 2.45) is 0 Å². The zero-order chi connectivity index (χ0) is 29.3. The van der Waals surface area contributed by atoms with Crippen molar-refractivity contribution >= 4 is 38.3 Å². The van der Waals surface area contributed by atoms with Crippen LogP contribution in [-0.4, -0.2) is 59.9 Å². The Bertz CT molecular complexity index is 1690. The van der Waals surface area contributed by atoms with Gasteiger partial charge in [-0.15, -0.1) is 0 Å². The minimum atomic E-state index is -3.38. The summed E-state index contributed by atoms with van der Waals surface area (Å²) in [7, 11) is -3.38. The van der Waals surface area contributed by atoms with Gasteiger partial charge in [0.1, 0.15) is 18.2 Å². The summed E-state index contributed by atoms with van der Waals surface area (Å²) in [5, 5.41) is 0.350. The Morgan fingerprint density at radius 2 is 1.90 bits per heavy atom. The molecule has 1 N–H and O–H groups in total. The van der Waals surface area contributed by atoms with E-state index < -0.39 is 15.8 Å². The number of piperidine rings is 1. The average molecular weight is 614 g/mol. The van der Waals surface area contributed by atoms with E-state index in [0.717, 1.165) is 74.3 Å². The van der Waals surface area contributed by atoms with Crippen molar-refractivity contribution in [1.82, 2.24) is 19.4 Å². The third-order valence-electron chi connectivity index (χ3n) is 7.82. The van der Waals surface area contributed by atoms with Gasteiger partial charge in [-0.2, -0.15) is 0 Å². The van der Waals surface area contributed by atoms with E-state index in [4.69, 9.17) is 31.0 Å². The predicted octanol–water partition coefficient (Wildman–Crippen LogP) is 5.34. The van der Waals surface area contributed by atoms with Gasteiger partial charge in [0.2, 0.25) is 15.9 Å². The van der Waals surface area contributed by atoms with Crippen LogP contribution in [0.3, 0.4) is 0 Å². The minimum Gasteiger partial charge on any atom is -0.473 e. The first-order chi connectivity index (χ1) is 20.2. The number of rotatable bonds is 10. The number of ether oxygens (including phenoxy) is 2. The number of anilines is 1.